The van der Waals surface area contributed by atoms with Gasteiger partial charge in [-0.2, -0.15) is 5.26 Å². The predicted molar refractivity (Wildman–Crippen MR) is 58.4 cm³/mol. The Labute approximate surface area is 98.0 Å². The molecule has 0 atom stereocenters. The van der Waals surface area contributed by atoms with Gasteiger partial charge in [0.1, 0.15) is 5.75 Å². The van der Waals surface area contributed by atoms with Crippen LogP contribution in [0.15, 0.2) is 18.2 Å². The first-order valence-electron chi connectivity index (χ1n) is 4.78. The van der Waals surface area contributed by atoms with Crippen molar-refractivity contribution in [3.05, 3.63) is 29.3 Å². The molecule has 1 aliphatic heterocycles. The van der Waals surface area contributed by atoms with Crippen molar-refractivity contribution in [1.82, 2.24) is 4.90 Å². The molecule has 0 unspecified atom stereocenters. The van der Waals surface area contributed by atoms with E-state index in [4.69, 9.17) is 21.6 Å². The number of hydrogen-bond donors (Lipinski definition) is 0. The first-order valence-corrected chi connectivity index (χ1v) is 5.32. The van der Waals surface area contributed by atoms with Gasteiger partial charge in [-0.15, -0.1) is 11.6 Å². The second-order valence-corrected chi connectivity index (χ2v) is 3.73. The highest BCUT2D eigenvalue weighted by Gasteiger charge is 2.25. The number of rotatable bonds is 2. The van der Waals surface area contributed by atoms with Gasteiger partial charge in [-0.1, -0.05) is 0 Å². The third-order valence-electron chi connectivity index (χ3n) is 2.36. The first-order chi connectivity index (χ1) is 7.76. The van der Waals surface area contributed by atoms with Gasteiger partial charge < -0.3 is 9.64 Å². The molecule has 0 N–H and O–H groups in total. The third kappa shape index (κ3) is 1.82. The van der Waals surface area contributed by atoms with Gasteiger partial charge in [0.05, 0.1) is 17.2 Å². The average Bonchev–Trinajstić information content (AvgIpc) is 2.33. The number of fused-ring (bicyclic) bond motifs is 1. The van der Waals surface area contributed by atoms with Crippen molar-refractivity contribution >= 4 is 17.5 Å². The van der Waals surface area contributed by atoms with Crippen molar-refractivity contribution in [2.75, 3.05) is 19.2 Å². The molecule has 16 heavy (non-hydrogen) atoms. The summed E-state index contributed by atoms with van der Waals surface area (Å²) in [5, 5.41) is 8.76. The van der Waals surface area contributed by atoms with E-state index < -0.39 is 0 Å². The molecule has 1 aromatic rings. The van der Waals surface area contributed by atoms with E-state index in [-0.39, 0.29) is 12.6 Å². The van der Waals surface area contributed by atoms with Crippen LogP contribution in [-0.4, -0.2) is 30.0 Å². The van der Waals surface area contributed by atoms with Crippen LogP contribution >= 0.6 is 11.6 Å². The number of alkyl halides is 1. The standard InChI is InChI=1S/C11H9ClN2O2/c12-3-4-14-7-16-10-2-1-8(6-13)5-9(10)11(14)15/h1-2,5H,3-4,7H2. The van der Waals surface area contributed by atoms with Crippen LogP contribution in [0.4, 0.5) is 0 Å². The zero-order chi connectivity index (χ0) is 11.5. The monoisotopic (exact) mass is 236 g/mol. The molecule has 0 saturated heterocycles. The van der Waals surface area contributed by atoms with Gasteiger partial charge in [-0.3, -0.25) is 4.79 Å². The quantitative estimate of drug-likeness (QED) is 0.733. The molecule has 0 aromatic heterocycles. The van der Waals surface area contributed by atoms with Crippen molar-refractivity contribution < 1.29 is 9.53 Å². The minimum absolute atomic E-state index is 0.140. The molecule has 2 rings (SSSR count). The number of hydrogen-bond acceptors (Lipinski definition) is 3. The molecule has 0 fully saturated rings. The number of nitriles is 1. The smallest absolute Gasteiger partial charge is 0.260 e. The number of carbonyl (C=O) groups excluding carboxylic acids is 1. The van der Waals surface area contributed by atoms with E-state index >= 15 is 0 Å². The van der Waals surface area contributed by atoms with Crippen molar-refractivity contribution in [1.29, 1.82) is 5.26 Å². The van der Waals surface area contributed by atoms with Crippen LogP contribution in [-0.2, 0) is 0 Å². The summed E-state index contributed by atoms with van der Waals surface area (Å²) in [7, 11) is 0. The van der Waals surface area contributed by atoms with Crippen LogP contribution < -0.4 is 4.74 Å². The Hall–Kier alpha value is -1.73. The second-order valence-electron chi connectivity index (χ2n) is 3.35. The van der Waals surface area contributed by atoms with E-state index in [2.05, 4.69) is 0 Å². The molecule has 0 spiro atoms. The number of amides is 1. The molecule has 1 aliphatic rings. The molecule has 0 aliphatic carbocycles. The number of benzene rings is 1. The largest absolute Gasteiger partial charge is 0.472 e. The van der Waals surface area contributed by atoms with Crippen LogP contribution in [0, 0.1) is 11.3 Å². The average molecular weight is 237 g/mol. The van der Waals surface area contributed by atoms with E-state index in [0.29, 0.717) is 29.3 Å². The van der Waals surface area contributed by atoms with Gasteiger partial charge in [0.2, 0.25) is 0 Å². The van der Waals surface area contributed by atoms with Crippen molar-refractivity contribution in [3.8, 4) is 11.8 Å². The number of nitrogens with zero attached hydrogens (tertiary/aromatic N) is 2. The highest BCUT2D eigenvalue weighted by Crippen LogP contribution is 2.25. The fourth-order valence-corrected chi connectivity index (χ4v) is 1.74. The van der Waals surface area contributed by atoms with E-state index in [1.165, 1.54) is 11.0 Å². The van der Waals surface area contributed by atoms with Crippen LogP contribution in [0.25, 0.3) is 0 Å². The zero-order valence-corrected chi connectivity index (χ0v) is 9.20. The van der Waals surface area contributed by atoms with Gasteiger partial charge >= 0.3 is 0 Å². The molecule has 1 amide bonds. The van der Waals surface area contributed by atoms with Gasteiger partial charge in [-0.05, 0) is 18.2 Å². The predicted octanol–water partition coefficient (Wildman–Crippen LogP) is 1.59. The summed E-state index contributed by atoms with van der Waals surface area (Å²) in [6, 6.07) is 6.80. The molecule has 5 heteroatoms. The van der Waals surface area contributed by atoms with Crippen LogP contribution in [0.5, 0.6) is 5.75 Å². The first kappa shape index (κ1) is 10.8. The molecule has 82 valence electrons. The molecular weight excluding hydrogens is 228 g/mol. The third-order valence-corrected chi connectivity index (χ3v) is 2.53. The van der Waals surface area contributed by atoms with Crippen molar-refractivity contribution in [2.45, 2.75) is 0 Å². The Bertz CT molecular complexity index is 468. The van der Waals surface area contributed by atoms with Gasteiger partial charge in [0, 0.05) is 12.4 Å². The highest BCUT2D eigenvalue weighted by atomic mass is 35.5. The summed E-state index contributed by atoms with van der Waals surface area (Å²) in [4.78, 5) is 13.5. The molecule has 4 nitrogen and oxygen atoms in total. The topological polar surface area (TPSA) is 53.3 Å². The fraction of sp³-hybridized carbons (Fsp3) is 0.273. The maximum atomic E-state index is 12.0. The molecule has 0 radical (unpaired) electrons. The van der Waals surface area contributed by atoms with E-state index in [1.807, 2.05) is 6.07 Å². The van der Waals surface area contributed by atoms with Crippen LogP contribution in [0.2, 0.25) is 0 Å². The summed E-state index contributed by atoms with van der Waals surface area (Å²) in [6.45, 7) is 0.654. The van der Waals surface area contributed by atoms with E-state index in [0.717, 1.165) is 0 Å². The highest BCUT2D eigenvalue weighted by molar-refractivity contribution is 6.18. The maximum absolute atomic E-state index is 12.0. The van der Waals surface area contributed by atoms with Gasteiger partial charge in [0.15, 0.2) is 6.73 Å². The van der Waals surface area contributed by atoms with Gasteiger partial charge in [0.25, 0.3) is 5.91 Å². The Balaban J connectivity index is 2.35. The fourth-order valence-electron chi connectivity index (χ4n) is 1.54. The SMILES string of the molecule is N#Cc1ccc2c(c1)C(=O)N(CCCl)CO2. The Morgan fingerprint density at radius 3 is 3.06 bits per heavy atom. The minimum Gasteiger partial charge on any atom is -0.472 e. The lowest BCUT2D eigenvalue weighted by molar-refractivity contribution is 0.0540. The Kier molecular flexibility index (Phi) is 2.97. The lowest BCUT2D eigenvalue weighted by Gasteiger charge is -2.28. The maximum Gasteiger partial charge on any atom is 0.260 e. The summed E-state index contributed by atoms with van der Waals surface area (Å²) in [5.74, 6) is 0.747. The van der Waals surface area contributed by atoms with Crippen LogP contribution in [0.1, 0.15) is 15.9 Å². The summed E-state index contributed by atoms with van der Waals surface area (Å²) in [5.41, 5.74) is 0.874. The number of halogens is 1. The molecular formula is C11H9ClN2O2. The summed E-state index contributed by atoms with van der Waals surface area (Å²) < 4.78 is 5.40. The van der Waals surface area contributed by atoms with E-state index in [9.17, 15) is 4.79 Å². The Morgan fingerprint density at radius 1 is 1.56 bits per heavy atom. The van der Waals surface area contributed by atoms with E-state index in [1.54, 1.807) is 12.1 Å². The molecule has 1 heterocycles. The summed E-state index contributed by atoms with van der Waals surface area (Å²) in [6.07, 6.45) is 0. The minimum atomic E-state index is -0.140. The molecule has 1 aromatic carbocycles. The lowest BCUT2D eigenvalue weighted by Crippen LogP contribution is -2.39. The van der Waals surface area contributed by atoms with Crippen molar-refractivity contribution in [3.63, 3.8) is 0 Å². The Morgan fingerprint density at radius 2 is 2.38 bits per heavy atom. The molecule has 0 bridgehead atoms. The number of ether oxygens (including phenoxy) is 1. The van der Waals surface area contributed by atoms with Crippen LogP contribution in [0.3, 0.4) is 0 Å². The summed E-state index contributed by atoms with van der Waals surface area (Å²) >= 11 is 5.58. The molecule has 0 saturated carbocycles. The normalized spacial score (nSPS) is 14.0. The van der Waals surface area contributed by atoms with Crippen molar-refractivity contribution in [2.24, 2.45) is 0 Å². The second kappa shape index (κ2) is 4.42. The zero-order valence-electron chi connectivity index (χ0n) is 8.44. The number of carbonyl (C=O) groups is 1. The van der Waals surface area contributed by atoms with Gasteiger partial charge in [-0.25, -0.2) is 0 Å². The lowest BCUT2D eigenvalue weighted by atomic mass is 10.1.